The molecule has 1 saturated heterocycles. The van der Waals surface area contributed by atoms with Crippen LogP contribution in [0.25, 0.3) is 10.2 Å². The van der Waals surface area contributed by atoms with Gasteiger partial charge in [-0.15, -0.1) is 21.5 Å². The molecule has 0 saturated carbocycles. The third kappa shape index (κ3) is 5.89. The van der Waals surface area contributed by atoms with Gasteiger partial charge < -0.3 is 23.8 Å². The Bertz CT molecular complexity index is 1350. The Morgan fingerprint density at radius 2 is 1.95 bits per heavy atom. The number of carbonyl (C=O) groups excluding carboxylic acids is 1. The summed E-state index contributed by atoms with van der Waals surface area (Å²) in [6.07, 6.45) is -1.47. The number of aryl methyl sites for hydroxylation is 1. The fraction of sp³-hybridized carbons (Fsp3) is 0.640. The van der Waals surface area contributed by atoms with Crippen molar-refractivity contribution in [1.29, 1.82) is 0 Å². The Hall–Kier alpha value is -3.16. The van der Waals surface area contributed by atoms with E-state index in [1.807, 2.05) is 31.7 Å². The number of aromatic nitrogens is 5. The number of fused-ring (bicyclic) bond motifs is 2. The first-order chi connectivity index (χ1) is 18.4. The molecule has 1 unspecified atom stereocenters. The quantitative estimate of drug-likeness (QED) is 0.408. The van der Waals surface area contributed by atoms with Crippen LogP contribution in [0.4, 0.5) is 23.8 Å². The fourth-order valence-corrected chi connectivity index (χ4v) is 6.02. The van der Waals surface area contributed by atoms with Crippen molar-refractivity contribution in [1.82, 2.24) is 29.6 Å². The fourth-order valence-electron chi connectivity index (χ4n) is 4.90. The van der Waals surface area contributed by atoms with E-state index >= 15 is 0 Å². The Morgan fingerprint density at radius 1 is 1.15 bits per heavy atom. The molecule has 0 bridgehead atoms. The van der Waals surface area contributed by atoms with Crippen molar-refractivity contribution in [2.24, 2.45) is 0 Å². The van der Waals surface area contributed by atoms with Gasteiger partial charge in [-0.1, -0.05) is 13.3 Å². The molecule has 14 heteroatoms. The molecule has 0 aliphatic carbocycles. The number of halogens is 3. The number of anilines is 1. The number of nitrogens with zero attached hydrogens (tertiary/aromatic N) is 7. The first kappa shape index (κ1) is 27.4. The molecule has 2 aliphatic heterocycles. The number of amides is 1. The van der Waals surface area contributed by atoms with Gasteiger partial charge in [-0.3, -0.25) is 0 Å². The summed E-state index contributed by atoms with van der Waals surface area (Å²) >= 11 is 1.55. The molecule has 0 spiro atoms. The molecule has 5 heterocycles. The van der Waals surface area contributed by atoms with E-state index in [1.165, 1.54) is 0 Å². The Morgan fingerprint density at radius 3 is 2.67 bits per heavy atom. The lowest BCUT2D eigenvalue weighted by Gasteiger charge is -2.30. The molecule has 0 N–H and O–H groups in total. The number of likely N-dealkylation sites (tertiary alicyclic amines) is 1. The summed E-state index contributed by atoms with van der Waals surface area (Å²) < 4.78 is 52.7. The molecule has 0 radical (unpaired) electrons. The highest BCUT2D eigenvalue weighted by atomic mass is 32.1. The Kier molecular flexibility index (Phi) is 7.33. The molecular formula is C25H32F3N7O3S. The van der Waals surface area contributed by atoms with Gasteiger partial charge in [0, 0.05) is 24.5 Å². The molecule has 1 fully saturated rings. The van der Waals surface area contributed by atoms with Crippen LogP contribution in [0.2, 0.25) is 0 Å². The molecule has 1 atom stereocenters. The highest BCUT2D eigenvalue weighted by Crippen LogP contribution is 2.36. The Balaban J connectivity index is 1.39. The summed E-state index contributed by atoms with van der Waals surface area (Å²) in [7, 11) is 0. The molecule has 1 amide bonds. The van der Waals surface area contributed by atoms with Crippen LogP contribution in [-0.4, -0.2) is 67.1 Å². The van der Waals surface area contributed by atoms with Gasteiger partial charge in [-0.25, -0.2) is 4.79 Å². The van der Waals surface area contributed by atoms with Gasteiger partial charge in [0.25, 0.3) is 0 Å². The predicted molar refractivity (Wildman–Crippen MR) is 139 cm³/mol. The van der Waals surface area contributed by atoms with Gasteiger partial charge in [-0.2, -0.15) is 23.1 Å². The van der Waals surface area contributed by atoms with Crippen LogP contribution >= 0.6 is 11.3 Å². The maximum Gasteiger partial charge on any atom is 0.451 e. The Labute approximate surface area is 228 Å². The minimum atomic E-state index is -4.56. The predicted octanol–water partition coefficient (Wildman–Crippen LogP) is 5.05. The third-order valence-electron chi connectivity index (χ3n) is 6.62. The smallest absolute Gasteiger partial charge is 0.451 e. The molecular weight excluding hydrogens is 535 g/mol. The first-order valence-corrected chi connectivity index (χ1v) is 13.9. The van der Waals surface area contributed by atoms with Crippen LogP contribution in [0.15, 0.2) is 6.07 Å². The van der Waals surface area contributed by atoms with E-state index in [-0.39, 0.29) is 43.7 Å². The molecule has 212 valence electrons. The topological polar surface area (TPSA) is 98.5 Å². The van der Waals surface area contributed by atoms with Gasteiger partial charge in [0.2, 0.25) is 5.82 Å². The van der Waals surface area contributed by atoms with Crippen molar-refractivity contribution in [2.75, 3.05) is 24.6 Å². The number of hydrogen-bond acceptors (Lipinski definition) is 9. The zero-order valence-corrected chi connectivity index (χ0v) is 23.2. The molecule has 3 aromatic heterocycles. The highest BCUT2D eigenvalue weighted by Gasteiger charge is 2.40. The van der Waals surface area contributed by atoms with Crippen LogP contribution in [0.1, 0.15) is 63.5 Å². The summed E-state index contributed by atoms with van der Waals surface area (Å²) in [6.45, 7) is 8.90. The van der Waals surface area contributed by atoms with Gasteiger partial charge >= 0.3 is 18.3 Å². The van der Waals surface area contributed by atoms with Crippen molar-refractivity contribution < 1.29 is 27.4 Å². The van der Waals surface area contributed by atoms with Crippen LogP contribution in [-0.2, 0) is 30.4 Å². The van der Waals surface area contributed by atoms with E-state index in [1.54, 1.807) is 16.2 Å². The van der Waals surface area contributed by atoms with Crippen LogP contribution in [0.3, 0.4) is 0 Å². The average molecular weight is 568 g/mol. The van der Waals surface area contributed by atoms with E-state index in [2.05, 4.69) is 22.1 Å². The number of rotatable bonds is 6. The van der Waals surface area contributed by atoms with Gasteiger partial charge in [0.05, 0.1) is 18.0 Å². The van der Waals surface area contributed by atoms with Crippen LogP contribution < -0.4 is 9.64 Å². The highest BCUT2D eigenvalue weighted by molar-refractivity contribution is 7.18. The standard InChI is InChI=1S/C25H32F3N7O3S/c1-5-7-16-12-17-19(33-10-11-35-18(13-33)31-32-21(35)25(26,27)28)29-22(30-20(17)39-16)37-14-15-8-6-9-34(15)23(36)38-24(2,3)4/h12,15H,5-11,13-14H2,1-4H3. The zero-order chi connectivity index (χ0) is 27.9. The molecule has 5 rings (SSSR count). The minimum Gasteiger partial charge on any atom is -0.461 e. The van der Waals surface area contributed by atoms with Crippen molar-refractivity contribution in [3.8, 4) is 6.01 Å². The molecule has 0 aromatic carbocycles. The van der Waals surface area contributed by atoms with E-state index in [0.717, 1.165) is 45.3 Å². The SMILES string of the molecule is CCCc1cc2c(N3CCn4c(nnc4C(F)(F)F)C3)nc(OCC3CCCN3C(=O)OC(C)(C)C)nc2s1. The second kappa shape index (κ2) is 10.4. The molecule has 3 aromatic rings. The minimum absolute atomic E-state index is 0.0811. The summed E-state index contributed by atoms with van der Waals surface area (Å²) in [6, 6.07) is 2.04. The van der Waals surface area contributed by atoms with E-state index in [0.29, 0.717) is 18.9 Å². The monoisotopic (exact) mass is 567 g/mol. The van der Waals surface area contributed by atoms with Crippen LogP contribution in [0.5, 0.6) is 6.01 Å². The number of ether oxygens (including phenoxy) is 2. The lowest BCUT2D eigenvalue weighted by Crippen LogP contribution is -2.42. The second-order valence-electron chi connectivity index (χ2n) is 10.8. The van der Waals surface area contributed by atoms with Crippen molar-refractivity contribution in [3.05, 3.63) is 22.6 Å². The lowest BCUT2D eigenvalue weighted by atomic mass is 10.2. The maximum absolute atomic E-state index is 13.3. The molecule has 2 aliphatic rings. The zero-order valence-electron chi connectivity index (χ0n) is 22.4. The summed E-state index contributed by atoms with van der Waals surface area (Å²) in [5.74, 6) is -0.168. The summed E-state index contributed by atoms with van der Waals surface area (Å²) in [5, 5.41) is 8.02. The maximum atomic E-state index is 13.3. The summed E-state index contributed by atoms with van der Waals surface area (Å²) in [4.78, 5) is 27.5. The normalized spacial score (nSPS) is 18.1. The van der Waals surface area contributed by atoms with Gasteiger partial charge in [0.15, 0.2) is 5.82 Å². The van der Waals surface area contributed by atoms with E-state index in [9.17, 15) is 18.0 Å². The van der Waals surface area contributed by atoms with Crippen LogP contribution in [0, 0.1) is 0 Å². The van der Waals surface area contributed by atoms with Crippen molar-refractivity contribution in [2.45, 2.75) is 84.3 Å². The average Bonchev–Trinajstić information content (AvgIpc) is 3.58. The number of alkyl halides is 3. The number of hydrogen-bond donors (Lipinski definition) is 0. The summed E-state index contributed by atoms with van der Waals surface area (Å²) in [5.41, 5.74) is -0.594. The molecule has 10 nitrogen and oxygen atoms in total. The lowest BCUT2D eigenvalue weighted by molar-refractivity contribution is -0.147. The van der Waals surface area contributed by atoms with E-state index in [4.69, 9.17) is 14.5 Å². The van der Waals surface area contributed by atoms with E-state index < -0.39 is 17.6 Å². The second-order valence-corrected chi connectivity index (χ2v) is 11.9. The van der Waals surface area contributed by atoms with Gasteiger partial charge in [0.1, 0.15) is 22.9 Å². The third-order valence-corrected chi connectivity index (χ3v) is 7.70. The number of carbonyl (C=O) groups is 1. The first-order valence-electron chi connectivity index (χ1n) is 13.1. The molecule has 39 heavy (non-hydrogen) atoms. The largest absolute Gasteiger partial charge is 0.461 e. The van der Waals surface area contributed by atoms with Crippen molar-refractivity contribution in [3.63, 3.8) is 0 Å². The van der Waals surface area contributed by atoms with Crippen molar-refractivity contribution >= 4 is 33.5 Å². The van der Waals surface area contributed by atoms with Gasteiger partial charge in [-0.05, 0) is 46.1 Å². The number of thiophene rings is 1.